The number of Topliss-reactive ketones (excluding diaryl/α,β-unsaturated/α-hetero) is 1. The summed E-state index contributed by atoms with van der Waals surface area (Å²) in [6, 6.07) is 1.44. The molecule has 0 aliphatic rings. The zero-order chi connectivity index (χ0) is 12.3. The summed E-state index contributed by atoms with van der Waals surface area (Å²) < 4.78 is 1.64. The fourth-order valence-electron chi connectivity index (χ4n) is 1.46. The van der Waals surface area contributed by atoms with E-state index in [0.717, 1.165) is 6.42 Å². The predicted octanol–water partition coefficient (Wildman–Crippen LogP) is 2.44. The summed E-state index contributed by atoms with van der Waals surface area (Å²) in [6.07, 6.45) is 2.51. The molecule has 0 saturated heterocycles. The average molecular weight is 223 g/mol. The lowest BCUT2D eigenvalue weighted by molar-refractivity contribution is 0.0684. The van der Waals surface area contributed by atoms with E-state index in [-0.39, 0.29) is 11.5 Å². The van der Waals surface area contributed by atoms with Crippen molar-refractivity contribution >= 4 is 11.8 Å². The third-order valence-corrected chi connectivity index (χ3v) is 2.47. The van der Waals surface area contributed by atoms with Gasteiger partial charge in [0.05, 0.1) is 0 Å². The summed E-state index contributed by atoms with van der Waals surface area (Å²) in [5.41, 5.74) is 0.645. The van der Waals surface area contributed by atoms with Gasteiger partial charge in [0.2, 0.25) is 0 Å². The first-order chi connectivity index (χ1) is 7.41. The molecule has 1 aromatic rings. The molecule has 0 aliphatic heterocycles. The number of aromatic nitrogens is 1. The first-order valence-electron chi connectivity index (χ1n) is 5.36. The maximum absolute atomic E-state index is 11.2. The van der Waals surface area contributed by atoms with Crippen LogP contribution in [0.2, 0.25) is 0 Å². The highest BCUT2D eigenvalue weighted by molar-refractivity contribution is 5.97. The first-order valence-corrected chi connectivity index (χ1v) is 5.36. The molecule has 1 rings (SSSR count). The summed E-state index contributed by atoms with van der Waals surface area (Å²) in [5.74, 6) is -0.591. The molecule has 4 nitrogen and oxygen atoms in total. The lowest BCUT2D eigenvalue weighted by atomic mass is 10.1. The van der Waals surface area contributed by atoms with E-state index in [1.807, 2.05) is 0 Å². The number of aryl methyl sites for hydroxylation is 1. The smallest absolute Gasteiger partial charge is 0.352 e. The molecule has 0 aliphatic carbocycles. The number of ketones is 1. The van der Waals surface area contributed by atoms with Crippen molar-refractivity contribution in [2.45, 2.75) is 33.7 Å². The largest absolute Gasteiger partial charge is 0.477 e. The maximum Gasteiger partial charge on any atom is 0.352 e. The molecule has 0 fully saturated rings. The molecule has 16 heavy (non-hydrogen) atoms. The van der Waals surface area contributed by atoms with Crippen LogP contribution in [-0.2, 0) is 6.54 Å². The van der Waals surface area contributed by atoms with Gasteiger partial charge in [0, 0.05) is 18.3 Å². The Morgan fingerprint density at radius 3 is 2.50 bits per heavy atom. The van der Waals surface area contributed by atoms with Crippen molar-refractivity contribution in [3.05, 3.63) is 23.5 Å². The Kier molecular flexibility index (Phi) is 3.88. The topological polar surface area (TPSA) is 59.3 Å². The number of hydrogen-bond acceptors (Lipinski definition) is 2. The van der Waals surface area contributed by atoms with Crippen LogP contribution in [0.15, 0.2) is 12.3 Å². The van der Waals surface area contributed by atoms with Crippen LogP contribution >= 0.6 is 0 Å². The van der Waals surface area contributed by atoms with Crippen LogP contribution in [0.3, 0.4) is 0 Å². The first kappa shape index (κ1) is 12.5. The van der Waals surface area contributed by atoms with E-state index in [1.165, 1.54) is 13.0 Å². The van der Waals surface area contributed by atoms with E-state index in [0.29, 0.717) is 18.0 Å². The highest BCUT2D eigenvalue weighted by Crippen LogP contribution is 2.12. The van der Waals surface area contributed by atoms with E-state index in [4.69, 9.17) is 5.11 Å². The van der Waals surface area contributed by atoms with Crippen LogP contribution in [-0.4, -0.2) is 21.4 Å². The second-order valence-electron chi connectivity index (χ2n) is 4.35. The number of hydrogen-bond donors (Lipinski definition) is 1. The lowest BCUT2D eigenvalue weighted by Gasteiger charge is -2.07. The zero-order valence-electron chi connectivity index (χ0n) is 9.86. The molecule has 4 heteroatoms. The minimum Gasteiger partial charge on any atom is -0.477 e. The number of aromatic carboxylic acids is 1. The lowest BCUT2D eigenvalue weighted by Crippen LogP contribution is -2.09. The van der Waals surface area contributed by atoms with Gasteiger partial charge in [0.1, 0.15) is 5.69 Å². The summed E-state index contributed by atoms with van der Waals surface area (Å²) in [7, 11) is 0. The predicted molar refractivity (Wildman–Crippen MR) is 60.9 cm³/mol. The number of carboxylic acid groups (broad SMARTS) is 1. The van der Waals surface area contributed by atoms with Crippen LogP contribution in [0.1, 0.15) is 48.0 Å². The van der Waals surface area contributed by atoms with E-state index in [1.54, 1.807) is 10.8 Å². The van der Waals surface area contributed by atoms with Crippen molar-refractivity contribution in [3.63, 3.8) is 0 Å². The van der Waals surface area contributed by atoms with E-state index < -0.39 is 5.97 Å². The number of rotatable bonds is 5. The molecule has 0 unspecified atom stereocenters. The van der Waals surface area contributed by atoms with Gasteiger partial charge in [0.15, 0.2) is 5.78 Å². The molecule has 0 atom stereocenters. The third kappa shape index (κ3) is 2.95. The Labute approximate surface area is 94.9 Å². The van der Waals surface area contributed by atoms with Crippen molar-refractivity contribution in [2.75, 3.05) is 0 Å². The van der Waals surface area contributed by atoms with Gasteiger partial charge in [-0.05, 0) is 25.3 Å². The van der Waals surface area contributed by atoms with Crippen molar-refractivity contribution in [2.24, 2.45) is 5.92 Å². The Balaban J connectivity index is 2.96. The van der Waals surface area contributed by atoms with Gasteiger partial charge in [-0.25, -0.2) is 4.79 Å². The molecule has 0 radical (unpaired) electrons. The minimum absolute atomic E-state index is 0.106. The van der Waals surface area contributed by atoms with E-state index in [9.17, 15) is 9.59 Å². The third-order valence-electron chi connectivity index (χ3n) is 2.47. The van der Waals surface area contributed by atoms with Gasteiger partial charge in [-0.1, -0.05) is 13.8 Å². The molecule has 0 amide bonds. The molecule has 0 saturated carbocycles. The summed E-state index contributed by atoms with van der Waals surface area (Å²) >= 11 is 0. The molecule has 1 heterocycles. The molecule has 1 N–H and O–H groups in total. The Hall–Kier alpha value is -1.58. The van der Waals surface area contributed by atoms with Crippen LogP contribution in [0.4, 0.5) is 0 Å². The molecule has 88 valence electrons. The molecule has 0 bridgehead atoms. The van der Waals surface area contributed by atoms with E-state index >= 15 is 0 Å². The highest BCUT2D eigenvalue weighted by Gasteiger charge is 2.14. The van der Waals surface area contributed by atoms with Crippen molar-refractivity contribution in [3.8, 4) is 0 Å². The van der Waals surface area contributed by atoms with Gasteiger partial charge in [-0.15, -0.1) is 0 Å². The normalized spacial score (nSPS) is 10.8. The highest BCUT2D eigenvalue weighted by atomic mass is 16.4. The van der Waals surface area contributed by atoms with Gasteiger partial charge in [-0.2, -0.15) is 0 Å². The molecular formula is C12H17NO3. The summed E-state index contributed by atoms with van der Waals surface area (Å²) in [6.45, 7) is 6.23. The molecule has 1 aromatic heterocycles. The van der Waals surface area contributed by atoms with E-state index in [2.05, 4.69) is 13.8 Å². The zero-order valence-corrected chi connectivity index (χ0v) is 9.86. The Bertz CT molecular complexity index is 404. The van der Waals surface area contributed by atoms with Gasteiger partial charge in [0.25, 0.3) is 0 Å². The van der Waals surface area contributed by atoms with Gasteiger partial charge >= 0.3 is 5.97 Å². The SMILES string of the molecule is CC(=O)c1cc(C(=O)O)n(CCC(C)C)c1. The second kappa shape index (κ2) is 4.96. The number of nitrogens with zero attached hydrogens (tertiary/aromatic N) is 1. The fourth-order valence-corrected chi connectivity index (χ4v) is 1.46. The summed E-state index contributed by atoms with van der Waals surface area (Å²) in [5, 5.41) is 8.99. The molecular weight excluding hydrogens is 206 g/mol. The van der Waals surface area contributed by atoms with Gasteiger partial charge < -0.3 is 9.67 Å². The molecule has 0 spiro atoms. The number of carbonyl (C=O) groups is 2. The van der Waals surface area contributed by atoms with Crippen LogP contribution in [0, 0.1) is 5.92 Å². The van der Waals surface area contributed by atoms with Gasteiger partial charge in [-0.3, -0.25) is 4.79 Å². The average Bonchev–Trinajstić information content (AvgIpc) is 2.58. The maximum atomic E-state index is 11.2. The monoisotopic (exact) mass is 223 g/mol. The van der Waals surface area contributed by atoms with Crippen molar-refractivity contribution < 1.29 is 14.7 Å². The van der Waals surface area contributed by atoms with Crippen molar-refractivity contribution in [1.29, 1.82) is 0 Å². The van der Waals surface area contributed by atoms with Crippen molar-refractivity contribution in [1.82, 2.24) is 4.57 Å². The quantitative estimate of drug-likeness (QED) is 0.780. The Morgan fingerprint density at radius 2 is 2.06 bits per heavy atom. The van der Waals surface area contributed by atoms with Crippen LogP contribution in [0.25, 0.3) is 0 Å². The fraction of sp³-hybridized carbons (Fsp3) is 0.500. The second-order valence-corrected chi connectivity index (χ2v) is 4.35. The number of carboxylic acids is 1. The number of carbonyl (C=O) groups excluding carboxylic acids is 1. The van der Waals surface area contributed by atoms with Crippen LogP contribution in [0.5, 0.6) is 0 Å². The van der Waals surface area contributed by atoms with Crippen LogP contribution < -0.4 is 0 Å². The standard InChI is InChI=1S/C12H17NO3/c1-8(2)4-5-13-7-10(9(3)14)6-11(13)12(15)16/h6-8H,4-5H2,1-3H3,(H,15,16). The minimum atomic E-state index is -0.990. The molecule has 0 aromatic carbocycles. The summed E-state index contributed by atoms with van der Waals surface area (Å²) in [4.78, 5) is 22.1. The Morgan fingerprint density at radius 1 is 1.44 bits per heavy atom.